The quantitative estimate of drug-likeness (QED) is 0.842. The SMILES string of the molecule is CC(CNC(=O)NC1CCCC1)c1ccccc1. The van der Waals surface area contributed by atoms with Gasteiger partial charge in [-0.25, -0.2) is 4.79 Å². The molecule has 0 aromatic heterocycles. The van der Waals surface area contributed by atoms with Gasteiger partial charge in [0.15, 0.2) is 0 Å². The molecule has 1 aromatic rings. The second-order valence-corrected chi connectivity index (χ2v) is 5.15. The van der Waals surface area contributed by atoms with Crippen LogP contribution in [0.25, 0.3) is 0 Å². The number of carbonyl (C=O) groups is 1. The molecule has 3 heteroatoms. The summed E-state index contributed by atoms with van der Waals surface area (Å²) in [5, 5.41) is 5.99. The Bertz CT molecular complexity index is 371. The van der Waals surface area contributed by atoms with Crippen molar-refractivity contribution in [1.82, 2.24) is 10.6 Å². The van der Waals surface area contributed by atoms with Crippen molar-refractivity contribution in [1.29, 1.82) is 0 Å². The summed E-state index contributed by atoms with van der Waals surface area (Å²) in [5.74, 6) is 0.348. The van der Waals surface area contributed by atoms with E-state index < -0.39 is 0 Å². The van der Waals surface area contributed by atoms with Crippen LogP contribution in [0, 0.1) is 0 Å². The van der Waals surface area contributed by atoms with Crippen molar-refractivity contribution >= 4 is 6.03 Å². The van der Waals surface area contributed by atoms with Gasteiger partial charge >= 0.3 is 6.03 Å². The fraction of sp³-hybridized carbons (Fsp3) is 0.533. The third kappa shape index (κ3) is 3.76. The Morgan fingerprint density at radius 1 is 1.28 bits per heavy atom. The Labute approximate surface area is 109 Å². The van der Waals surface area contributed by atoms with E-state index in [9.17, 15) is 4.79 Å². The molecule has 1 aromatic carbocycles. The van der Waals surface area contributed by atoms with Crippen LogP contribution in [0.1, 0.15) is 44.1 Å². The largest absolute Gasteiger partial charge is 0.338 e. The van der Waals surface area contributed by atoms with Gasteiger partial charge in [0, 0.05) is 12.6 Å². The van der Waals surface area contributed by atoms with Crippen LogP contribution in [-0.4, -0.2) is 18.6 Å². The summed E-state index contributed by atoms with van der Waals surface area (Å²) in [6, 6.07) is 10.6. The average Bonchev–Trinajstić information content (AvgIpc) is 2.90. The highest BCUT2D eigenvalue weighted by Gasteiger charge is 2.17. The first kappa shape index (κ1) is 12.9. The van der Waals surface area contributed by atoms with Crippen LogP contribution < -0.4 is 10.6 Å². The summed E-state index contributed by atoms with van der Waals surface area (Å²) >= 11 is 0. The van der Waals surface area contributed by atoms with Gasteiger partial charge in [-0.15, -0.1) is 0 Å². The lowest BCUT2D eigenvalue weighted by Gasteiger charge is -2.16. The second kappa shape index (κ2) is 6.43. The standard InChI is InChI=1S/C15H22N2O/c1-12(13-7-3-2-4-8-13)11-16-15(18)17-14-9-5-6-10-14/h2-4,7-8,12,14H,5-6,9-11H2,1H3,(H2,16,17,18). The summed E-state index contributed by atoms with van der Waals surface area (Å²) in [5.41, 5.74) is 1.26. The monoisotopic (exact) mass is 246 g/mol. The molecule has 1 unspecified atom stereocenters. The fourth-order valence-electron chi connectivity index (χ4n) is 2.45. The van der Waals surface area contributed by atoms with Gasteiger partial charge in [0.2, 0.25) is 0 Å². The molecule has 1 aliphatic rings. The normalized spacial score (nSPS) is 17.4. The highest BCUT2D eigenvalue weighted by molar-refractivity contribution is 5.74. The summed E-state index contributed by atoms with van der Waals surface area (Å²) in [4.78, 5) is 11.7. The van der Waals surface area contributed by atoms with Crippen LogP contribution in [0.2, 0.25) is 0 Å². The molecule has 1 saturated carbocycles. The maximum atomic E-state index is 11.7. The van der Waals surface area contributed by atoms with Crippen molar-refractivity contribution in [3.05, 3.63) is 35.9 Å². The van der Waals surface area contributed by atoms with Gasteiger partial charge < -0.3 is 10.6 Å². The van der Waals surface area contributed by atoms with E-state index in [1.54, 1.807) is 0 Å². The predicted molar refractivity (Wildman–Crippen MR) is 73.6 cm³/mol. The lowest BCUT2D eigenvalue weighted by Crippen LogP contribution is -2.42. The Balaban J connectivity index is 1.72. The minimum absolute atomic E-state index is 0.0234. The van der Waals surface area contributed by atoms with Crippen molar-refractivity contribution in [2.75, 3.05) is 6.54 Å². The molecular weight excluding hydrogens is 224 g/mol. The zero-order valence-corrected chi connectivity index (χ0v) is 11.0. The zero-order chi connectivity index (χ0) is 12.8. The van der Waals surface area contributed by atoms with Gasteiger partial charge in [-0.2, -0.15) is 0 Å². The van der Waals surface area contributed by atoms with Crippen LogP contribution in [0.4, 0.5) is 4.79 Å². The van der Waals surface area contributed by atoms with E-state index in [4.69, 9.17) is 0 Å². The van der Waals surface area contributed by atoms with E-state index >= 15 is 0 Å². The Morgan fingerprint density at radius 3 is 2.61 bits per heavy atom. The molecule has 2 rings (SSSR count). The molecule has 1 fully saturated rings. The minimum atomic E-state index is -0.0234. The van der Waals surface area contributed by atoms with E-state index in [0.29, 0.717) is 18.5 Å². The fourth-order valence-corrected chi connectivity index (χ4v) is 2.45. The van der Waals surface area contributed by atoms with Crippen molar-refractivity contribution in [3.63, 3.8) is 0 Å². The zero-order valence-electron chi connectivity index (χ0n) is 11.0. The number of benzene rings is 1. The number of hydrogen-bond acceptors (Lipinski definition) is 1. The highest BCUT2D eigenvalue weighted by atomic mass is 16.2. The Kier molecular flexibility index (Phi) is 4.62. The molecule has 2 N–H and O–H groups in total. The summed E-state index contributed by atoms with van der Waals surface area (Å²) in [6.45, 7) is 2.81. The number of amides is 2. The van der Waals surface area contributed by atoms with E-state index in [2.05, 4.69) is 29.7 Å². The van der Waals surface area contributed by atoms with Crippen molar-refractivity contribution < 1.29 is 4.79 Å². The highest BCUT2D eigenvalue weighted by Crippen LogP contribution is 2.17. The first-order chi connectivity index (χ1) is 8.75. The molecule has 1 aliphatic carbocycles. The molecule has 1 atom stereocenters. The van der Waals surface area contributed by atoms with Crippen LogP contribution in [0.3, 0.4) is 0 Å². The van der Waals surface area contributed by atoms with Crippen molar-refractivity contribution in [2.45, 2.75) is 44.6 Å². The minimum Gasteiger partial charge on any atom is -0.338 e. The predicted octanol–water partition coefficient (Wildman–Crippen LogP) is 3.03. The van der Waals surface area contributed by atoms with E-state index in [0.717, 1.165) is 12.8 Å². The Morgan fingerprint density at radius 2 is 1.94 bits per heavy atom. The molecule has 0 heterocycles. The van der Waals surface area contributed by atoms with E-state index in [1.807, 2.05) is 18.2 Å². The van der Waals surface area contributed by atoms with E-state index in [-0.39, 0.29) is 6.03 Å². The maximum absolute atomic E-state index is 11.7. The van der Waals surface area contributed by atoms with Crippen molar-refractivity contribution in [2.24, 2.45) is 0 Å². The molecule has 18 heavy (non-hydrogen) atoms. The summed E-state index contributed by atoms with van der Waals surface area (Å²) in [7, 11) is 0. The van der Waals surface area contributed by atoms with Crippen LogP contribution >= 0.6 is 0 Å². The molecule has 3 nitrogen and oxygen atoms in total. The van der Waals surface area contributed by atoms with E-state index in [1.165, 1.54) is 18.4 Å². The van der Waals surface area contributed by atoms with Crippen LogP contribution in [-0.2, 0) is 0 Å². The lowest BCUT2D eigenvalue weighted by atomic mass is 10.0. The van der Waals surface area contributed by atoms with Gasteiger partial charge in [0.1, 0.15) is 0 Å². The lowest BCUT2D eigenvalue weighted by molar-refractivity contribution is 0.236. The number of carbonyl (C=O) groups excluding carboxylic acids is 1. The van der Waals surface area contributed by atoms with Gasteiger partial charge in [-0.05, 0) is 24.3 Å². The van der Waals surface area contributed by atoms with Gasteiger partial charge in [0.25, 0.3) is 0 Å². The molecule has 0 spiro atoms. The average molecular weight is 246 g/mol. The van der Waals surface area contributed by atoms with Crippen LogP contribution in [0.15, 0.2) is 30.3 Å². The number of hydrogen-bond donors (Lipinski definition) is 2. The van der Waals surface area contributed by atoms with Gasteiger partial charge in [-0.3, -0.25) is 0 Å². The third-order valence-corrected chi connectivity index (χ3v) is 3.63. The molecule has 0 radical (unpaired) electrons. The molecular formula is C15H22N2O. The molecule has 98 valence electrons. The van der Waals surface area contributed by atoms with Gasteiger partial charge in [-0.1, -0.05) is 50.1 Å². The summed E-state index contributed by atoms with van der Waals surface area (Å²) < 4.78 is 0. The third-order valence-electron chi connectivity index (χ3n) is 3.63. The Hall–Kier alpha value is -1.51. The van der Waals surface area contributed by atoms with Crippen molar-refractivity contribution in [3.8, 4) is 0 Å². The molecule has 0 bridgehead atoms. The maximum Gasteiger partial charge on any atom is 0.315 e. The topological polar surface area (TPSA) is 41.1 Å². The first-order valence-electron chi connectivity index (χ1n) is 6.85. The van der Waals surface area contributed by atoms with Gasteiger partial charge in [0.05, 0.1) is 0 Å². The summed E-state index contributed by atoms with van der Waals surface area (Å²) in [6.07, 6.45) is 4.74. The number of rotatable bonds is 4. The number of nitrogens with one attached hydrogen (secondary N) is 2. The number of urea groups is 1. The molecule has 0 aliphatic heterocycles. The molecule has 0 saturated heterocycles. The smallest absolute Gasteiger partial charge is 0.315 e. The van der Waals surface area contributed by atoms with Crippen LogP contribution in [0.5, 0.6) is 0 Å². The molecule has 2 amide bonds. The second-order valence-electron chi connectivity index (χ2n) is 5.15. The first-order valence-corrected chi connectivity index (χ1v) is 6.85.